The number of hydrogen-bond donors (Lipinski definition) is 4. The van der Waals surface area contributed by atoms with E-state index >= 15 is 0 Å². The summed E-state index contributed by atoms with van der Waals surface area (Å²) in [5.41, 5.74) is 26.5. The smallest absolute Gasteiger partial charge is 0.232 e. The van der Waals surface area contributed by atoms with Crippen LogP contribution in [-0.2, 0) is 6.42 Å². The summed E-state index contributed by atoms with van der Waals surface area (Å²) >= 11 is 0. The zero-order chi connectivity index (χ0) is 24.4. The van der Waals surface area contributed by atoms with Crippen LogP contribution in [0.1, 0.15) is 31.2 Å². The van der Waals surface area contributed by atoms with Crippen LogP contribution in [0.25, 0.3) is 0 Å². The molecule has 1 aromatic carbocycles. The van der Waals surface area contributed by atoms with Gasteiger partial charge in [0.25, 0.3) is 0 Å². The highest BCUT2D eigenvalue weighted by Crippen LogP contribution is 2.27. The van der Waals surface area contributed by atoms with Gasteiger partial charge in [0.1, 0.15) is 0 Å². The van der Waals surface area contributed by atoms with E-state index < -0.39 is 0 Å². The fourth-order valence-corrected chi connectivity index (χ4v) is 5.74. The molecule has 0 spiro atoms. The van der Waals surface area contributed by atoms with Gasteiger partial charge >= 0.3 is 0 Å². The highest BCUT2D eigenvalue weighted by molar-refractivity contribution is 5.85. The Hall–Kier alpha value is -2.24. The number of nitrogens with zero attached hydrogens (tertiary/aromatic N) is 6. The number of rotatable bonds is 5. The van der Waals surface area contributed by atoms with Gasteiger partial charge in [-0.15, -0.1) is 12.4 Å². The van der Waals surface area contributed by atoms with Crippen molar-refractivity contribution in [3.63, 3.8) is 0 Å². The first-order valence-electron chi connectivity index (χ1n) is 13.0. The molecule has 0 amide bonds. The predicted molar refractivity (Wildman–Crippen MR) is 148 cm³/mol. The Morgan fingerprint density at radius 3 is 1.50 bits per heavy atom. The fraction of sp³-hybridized carbons (Fsp3) is 0.640. The molecule has 3 fully saturated rings. The van der Waals surface area contributed by atoms with Gasteiger partial charge in [-0.05, 0) is 43.6 Å². The van der Waals surface area contributed by atoms with E-state index in [1.165, 1.54) is 5.56 Å². The SMILES string of the molecule is Cl.N[C@@H]1C[C@H](N)CN(c2nc(N3CCC(Cc4ccccc4)CC3)nc(N3C[C@H](N)C[C@H](N)C3)n2)C1. The molecule has 2 aromatic rings. The van der Waals surface area contributed by atoms with Crippen LogP contribution in [0.5, 0.6) is 0 Å². The molecule has 3 aliphatic heterocycles. The third kappa shape index (κ3) is 6.54. The molecule has 0 radical (unpaired) electrons. The zero-order valence-electron chi connectivity index (χ0n) is 21.0. The van der Waals surface area contributed by atoms with Crippen molar-refractivity contribution in [1.82, 2.24) is 15.0 Å². The quantitative estimate of drug-likeness (QED) is 0.441. The summed E-state index contributed by atoms with van der Waals surface area (Å²) in [6, 6.07) is 10.8. The predicted octanol–water partition coefficient (Wildman–Crippen LogP) is 0.482. The average Bonchev–Trinajstić information content (AvgIpc) is 2.84. The van der Waals surface area contributed by atoms with Crippen LogP contribution in [0, 0.1) is 5.92 Å². The summed E-state index contributed by atoms with van der Waals surface area (Å²) in [5, 5.41) is 0. The molecule has 4 atom stereocenters. The van der Waals surface area contributed by atoms with E-state index in [2.05, 4.69) is 45.0 Å². The van der Waals surface area contributed by atoms with Crippen molar-refractivity contribution in [3.8, 4) is 0 Å². The Kier molecular flexibility index (Phi) is 8.84. The second kappa shape index (κ2) is 11.9. The van der Waals surface area contributed by atoms with Crippen molar-refractivity contribution in [2.24, 2.45) is 28.9 Å². The van der Waals surface area contributed by atoms with E-state index in [1.807, 2.05) is 0 Å². The van der Waals surface area contributed by atoms with Gasteiger partial charge in [-0.25, -0.2) is 0 Å². The first-order valence-corrected chi connectivity index (χ1v) is 13.0. The van der Waals surface area contributed by atoms with Crippen molar-refractivity contribution in [2.75, 3.05) is 54.0 Å². The van der Waals surface area contributed by atoms with Crippen LogP contribution >= 0.6 is 12.4 Å². The van der Waals surface area contributed by atoms with Gasteiger partial charge in [0.15, 0.2) is 0 Å². The third-order valence-corrected chi connectivity index (χ3v) is 7.46. The molecular weight excluding hydrogens is 476 g/mol. The number of nitrogens with two attached hydrogens (primary N) is 4. The number of anilines is 3. The van der Waals surface area contributed by atoms with Crippen LogP contribution in [-0.4, -0.2) is 78.4 Å². The second-order valence-electron chi connectivity index (χ2n) is 10.7. The molecule has 0 saturated carbocycles. The van der Waals surface area contributed by atoms with E-state index in [1.54, 1.807) is 0 Å². The molecule has 10 nitrogen and oxygen atoms in total. The Balaban J connectivity index is 0.00000304. The van der Waals surface area contributed by atoms with Gasteiger partial charge in [-0.2, -0.15) is 15.0 Å². The van der Waals surface area contributed by atoms with Gasteiger partial charge < -0.3 is 37.6 Å². The Labute approximate surface area is 220 Å². The van der Waals surface area contributed by atoms with Gasteiger partial charge in [0, 0.05) is 63.4 Å². The Bertz CT molecular complexity index is 906. The van der Waals surface area contributed by atoms with E-state index in [-0.39, 0.29) is 36.6 Å². The molecule has 3 saturated heterocycles. The number of piperidine rings is 3. The van der Waals surface area contributed by atoms with E-state index in [9.17, 15) is 0 Å². The largest absolute Gasteiger partial charge is 0.341 e. The van der Waals surface area contributed by atoms with Gasteiger partial charge in [-0.1, -0.05) is 30.3 Å². The lowest BCUT2D eigenvalue weighted by molar-refractivity contribution is 0.399. The van der Waals surface area contributed by atoms with E-state index in [0.29, 0.717) is 44.0 Å². The second-order valence-corrected chi connectivity index (χ2v) is 10.7. The summed E-state index contributed by atoms with van der Waals surface area (Å²) in [7, 11) is 0. The molecule has 1 aromatic heterocycles. The van der Waals surface area contributed by atoms with E-state index in [4.69, 9.17) is 37.9 Å². The van der Waals surface area contributed by atoms with Crippen molar-refractivity contribution in [2.45, 2.75) is 56.3 Å². The van der Waals surface area contributed by atoms with E-state index in [0.717, 1.165) is 51.1 Å². The molecule has 198 valence electrons. The monoisotopic (exact) mass is 516 g/mol. The fourth-order valence-electron chi connectivity index (χ4n) is 5.74. The minimum Gasteiger partial charge on any atom is -0.341 e. The molecular formula is C25H41ClN10. The lowest BCUT2D eigenvalue weighted by Gasteiger charge is -2.38. The topological polar surface area (TPSA) is 152 Å². The average molecular weight is 517 g/mol. The molecule has 3 aliphatic rings. The van der Waals surface area contributed by atoms with Crippen LogP contribution in [0.2, 0.25) is 0 Å². The summed E-state index contributed by atoms with van der Waals surface area (Å²) < 4.78 is 0. The molecule has 11 heteroatoms. The first-order chi connectivity index (χ1) is 16.9. The van der Waals surface area contributed by atoms with Crippen molar-refractivity contribution in [1.29, 1.82) is 0 Å². The van der Waals surface area contributed by atoms with Gasteiger partial charge in [0.2, 0.25) is 17.8 Å². The van der Waals surface area contributed by atoms with Crippen molar-refractivity contribution in [3.05, 3.63) is 35.9 Å². The summed E-state index contributed by atoms with van der Waals surface area (Å²) in [4.78, 5) is 21.2. The lowest BCUT2D eigenvalue weighted by atomic mass is 9.90. The highest BCUT2D eigenvalue weighted by Gasteiger charge is 2.30. The zero-order valence-corrected chi connectivity index (χ0v) is 21.8. The summed E-state index contributed by atoms with van der Waals surface area (Å²) in [6.07, 6.45) is 4.97. The Morgan fingerprint density at radius 2 is 1.06 bits per heavy atom. The molecule has 0 bridgehead atoms. The highest BCUT2D eigenvalue weighted by atomic mass is 35.5. The minimum absolute atomic E-state index is 0. The number of aromatic nitrogens is 3. The molecule has 5 rings (SSSR count). The van der Waals surface area contributed by atoms with Crippen molar-refractivity contribution < 1.29 is 0 Å². The number of halogens is 1. The van der Waals surface area contributed by atoms with Crippen LogP contribution in [0.15, 0.2) is 30.3 Å². The maximum absolute atomic E-state index is 6.28. The van der Waals surface area contributed by atoms with Gasteiger partial charge in [0.05, 0.1) is 0 Å². The standard InChI is InChI=1S/C25H40N10.ClH/c26-19-11-20(27)14-34(13-19)24-30-23(31-25(32-24)35-15-21(28)12-22(29)16-35)33-8-6-18(7-9-33)10-17-4-2-1-3-5-17;/h1-5,18-22H,6-16,26-29H2;1H/t19-,20+,21-,22+;. The van der Waals surface area contributed by atoms with Crippen LogP contribution in [0.3, 0.4) is 0 Å². The summed E-state index contributed by atoms with van der Waals surface area (Å²) in [5.74, 6) is 2.69. The molecule has 0 aliphatic carbocycles. The van der Waals surface area contributed by atoms with Crippen LogP contribution in [0.4, 0.5) is 17.8 Å². The minimum atomic E-state index is 0. The normalized spacial score (nSPS) is 27.6. The third-order valence-electron chi connectivity index (χ3n) is 7.46. The Morgan fingerprint density at radius 1 is 0.639 bits per heavy atom. The maximum atomic E-state index is 6.28. The molecule has 36 heavy (non-hydrogen) atoms. The molecule has 0 unspecified atom stereocenters. The van der Waals surface area contributed by atoms with Crippen molar-refractivity contribution >= 4 is 30.3 Å². The maximum Gasteiger partial charge on any atom is 0.232 e. The summed E-state index contributed by atoms with van der Waals surface area (Å²) in [6.45, 7) is 4.62. The molecule has 8 N–H and O–H groups in total. The number of hydrogen-bond acceptors (Lipinski definition) is 10. The number of benzene rings is 1. The lowest BCUT2D eigenvalue weighted by Crippen LogP contribution is -2.54. The molecule has 4 heterocycles. The van der Waals surface area contributed by atoms with Crippen LogP contribution < -0.4 is 37.6 Å². The van der Waals surface area contributed by atoms with Gasteiger partial charge in [-0.3, -0.25) is 0 Å². The first kappa shape index (κ1) is 26.8.